The summed E-state index contributed by atoms with van der Waals surface area (Å²) in [4.78, 5) is 28.1. The van der Waals surface area contributed by atoms with Gasteiger partial charge in [-0.25, -0.2) is 14.3 Å². The van der Waals surface area contributed by atoms with Crippen LogP contribution in [0.2, 0.25) is 10.2 Å². The van der Waals surface area contributed by atoms with Crippen molar-refractivity contribution in [2.45, 2.75) is 0 Å². The molecule has 3 aromatic rings. The number of halogens is 2. The van der Waals surface area contributed by atoms with Crippen molar-refractivity contribution in [1.82, 2.24) is 9.55 Å². The zero-order valence-electron chi connectivity index (χ0n) is 11.5. The lowest BCUT2D eigenvalue weighted by atomic mass is 10.0. The van der Waals surface area contributed by atoms with E-state index in [1.165, 1.54) is 36.5 Å². The lowest BCUT2D eigenvalue weighted by molar-refractivity contribution is 0.103. The molecular weight excluding hydrogens is 341 g/mol. The third kappa shape index (κ3) is 2.52. The molecule has 0 unspecified atom stereocenters. The number of rotatable bonds is 2. The van der Waals surface area contributed by atoms with Crippen LogP contribution in [0.5, 0.6) is 5.88 Å². The molecule has 0 aliphatic carbocycles. The van der Waals surface area contributed by atoms with Gasteiger partial charge in [-0.3, -0.25) is 4.79 Å². The summed E-state index contributed by atoms with van der Waals surface area (Å²) < 4.78 is 0.849. The Morgan fingerprint density at radius 1 is 1.17 bits per heavy atom. The van der Waals surface area contributed by atoms with E-state index in [2.05, 4.69) is 4.98 Å². The van der Waals surface area contributed by atoms with E-state index in [0.29, 0.717) is 10.4 Å². The van der Waals surface area contributed by atoms with E-state index in [4.69, 9.17) is 28.9 Å². The van der Waals surface area contributed by atoms with Crippen LogP contribution in [-0.2, 0) is 0 Å². The van der Waals surface area contributed by atoms with Crippen molar-refractivity contribution in [1.29, 1.82) is 0 Å². The van der Waals surface area contributed by atoms with E-state index in [1.54, 1.807) is 0 Å². The lowest BCUT2D eigenvalue weighted by Gasteiger charge is -2.02. The second kappa shape index (κ2) is 5.57. The zero-order valence-corrected chi connectivity index (χ0v) is 13.0. The highest BCUT2D eigenvalue weighted by Crippen LogP contribution is 2.34. The highest BCUT2D eigenvalue weighted by Gasteiger charge is 2.25. The Kier molecular flexibility index (Phi) is 3.71. The van der Waals surface area contributed by atoms with Crippen molar-refractivity contribution < 1.29 is 14.7 Å². The minimum Gasteiger partial charge on any atom is -0.494 e. The van der Waals surface area contributed by atoms with Crippen LogP contribution in [0.25, 0.3) is 10.9 Å². The number of fused-ring (bicyclic) bond motifs is 1. The molecule has 0 aliphatic rings. The number of carbonyl (C=O) groups excluding carboxylic acids is 2. The van der Waals surface area contributed by atoms with Crippen molar-refractivity contribution >= 4 is 45.9 Å². The molecule has 1 aromatic carbocycles. The predicted molar refractivity (Wildman–Crippen MR) is 86.3 cm³/mol. The van der Waals surface area contributed by atoms with Gasteiger partial charge < -0.3 is 10.8 Å². The molecule has 2 aromatic heterocycles. The molecular formula is C15H9Cl2N3O3. The number of aromatic hydroxyl groups is 1. The molecule has 116 valence electrons. The minimum atomic E-state index is -0.914. The molecule has 23 heavy (non-hydrogen) atoms. The number of amides is 1. The first kappa shape index (κ1) is 15.3. The smallest absolute Gasteiger partial charge is 0.326 e. The van der Waals surface area contributed by atoms with Gasteiger partial charge >= 0.3 is 6.03 Å². The SMILES string of the molecule is NC(=O)n1c(O)c(C(=O)c2ccc(Cl)nc2)c2cc(Cl)ccc21. The third-order valence-corrected chi connectivity index (χ3v) is 3.80. The summed E-state index contributed by atoms with van der Waals surface area (Å²) in [6, 6.07) is 6.51. The fourth-order valence-corrected chi connectivity index (χ4v) is 2.64. The molecule has 1 amide bonds. The number of pyridine rings is 1. The fourth-order valence-electron chi connectivity index (χ4n) is 2.35. The minimum absolute atomic E-state index is 0.0783. The molecule has 0 aliphatic heterocycles. The fraction of sp³-hybridized carbons (Fsp3) is 0. The molecule has 8 heteroatoms. The Hall–Kier alpha value is -2.57. The third-order valence-electron chi connectivity index (χ3n) is 3.34. The summed E-state index contributed by atoms with van der Waals surface area (Å²) in [6.07, 6.45) is 1.28. The quantitative estimate of drug-likeness (QED) is 0.548. The van der Waals surface area contributed by atoms with Gasteiger partial charge in [-0.05, 0) is 30.3 Å². The van der Waals surface area contributed by atoms with Crippen molar-refractivity contribution in [3.05, 3.63) is 57.8 Å². The number of primary amides is 1. The molecule has 0 saturated carbocycles. The van der Waals surface area contributed by atoms with Crippen LogP contribution in [-0.4, -0.2) is 26.5 Å². The predicted octanol–water partition coefficient (Wildman–Crippen LogP) is 3.21. The maximum atomic E-state index is 12.7. The molecule has 0 bridgehead atoms. The second-order valence-corrected chi connectivity index (χ2v) is 5.56. The first-order chi connectivity index (χ1) is 10.9. The van der Waals surface area contributed by atoms with Gasteiger partial charge in [0.15, 0.2) is 0 Å². The van der Waals surface area contributed by atoms with Crippen LogP contribution in [0.4, 0.5) is 4.79 Å². The largest absolute Gasteiger partial charge is 0.494 e. The van der Waals surface area contributed by atoms with Gasteiger partial charge in [0.2, 0.25) is 11.7 Å². The molecule has 6 nitrogen and oxygen atoms in total. The Morgan fingerprint density at radius 2 is 1.91 bits per heavy atom. The van der Waals surface area contributed by atoms with Gasteiger partial charge in [0.05, 0.1) is 11.1 Å². The molecule has 0 fully saturated rings. The van der Waals surface area contributed by atoms with Crippen LogP contribution < -0.4 is 5.73 Å². The molecule has 3 rings (SSSR count). The number of nitrogens with zero attached hydrogens (tertiary/aromatic N) is 2. The van der Waals surface area contributed by atoms with Crippen LogP contribution in [0.15, 0.2) is 36.5 Å². The van der Waals surface area contributed by atoms with Gasteiger partial charge in [0, 0.05) is 22.2 Å². The summed E-state index contributed by atoms with van der Waals surface area (Å²) >= 11 is 11.7. The highest BCUT2D eigenvalue weighted by molar-refractivity contribution is 6.32. The Morgan fingerprint density at radius 3 is 2.52 bits per heavy atom. The molecule has 0 radical (unpaired) electrons. The van der Waals surface area contributed by atoms with E-state index in [9.17, 15) is 14.7 Å². The average molecular weight is 350 g/mol. The van der Waals surface area contributed by atoms with Crippen molar-refractivity contribution in [2.75, 3.05) is 0 Å². The van der Waals surface area contributed by atoms with Gasteiger partial charge in [0.25, 0.3) is 0 Å². The standard InChI is InChI=1S/C15H9Cl2N3O3/c16-8-2-3-10-9(5-8)12(14(22)20(10)15(18)23)13(21)7-1-4-11(17)19-6-7/h1-6,22H,(H2,18,23). The number of hydrogen-bond donors (Lipinski definition) is 2. The average Bonchev–Trinajstić information content (AvgIpc) is 2.78. The number of carbonyl (C=O) groups is 2. The molecule has 0 spiro atoms. The zero-order chi connectivity index (χ0) is 16.7. The normalized spacial score (nSPS) is 10.9. The van der Waals surface area contributed by atoms with Crippen molar-refractivity contribution in [3.63, 3.8) is 0 Å². The van der Waals surface area contributed by atoms with Gasteiger partial charge in [0.1, 0.15) is 5.15 Å². The Labute approximate surface area is 140 Å². The van der Waals surface area contributed by atoms with Crippen molar-refractivity contribution in [3.8, 4) is 5.88 Å². The number of aromatic nitrogens is 2. The number of ketones is 1. The van der Waals surface area contributed by atoms with E-state index in [0.717, 1.165) is 4.57 Å². The van der Waals surface area contributed by atoms with Crippen LogP contribution in [0, 0.1) is 0 Å². The number of benzene rings is 1. The topological polar surface area (TPSA) is 98.2 Å². The first-order valence-corrected chi connectivity index (χ1v) is 7.14. The summed E-state index contributed by atoms with van der Waals surface area (Å²) in [6.45, 7) is 0. The summed E-state index contributed by atoms with van der Waals surface area (Å²) in [5.74, 6) is -1.08. The van der Waals surface area contributed by atoms with E-state index < -0.39 is 17.7 Å². The summed E-state index contributed by atoms with van der Waals surface area (Å²) in [5.41, 5.74) is 5.69. The molecule has 2 heterocycles. The second-order valence-electron chi connectivity index (χ2n) is 4.73. The Balaban J connectivity index is 2.30. The van der Waals surface area contributed by atoms with E-state index in [-0.39, 0.29) is 21.8 Å². The summed E-state index contributed by atoms with van der Waals surface area (Å²) in [5, 5.41) is 11.2. The van der Waals surface area contributed by atoms with Gasteiger partial charge in [-0.1, -0.05) is 23.2 Å². The first-order valence-electron chi connectivity index (χ1n) is 6.39. The Bertz CT molecular complexity index is 949. The summed E-state index contributed by atoms with van der Waals surface area (Å²) in [7, 11) is 0. The van der Waals surface area contributed by atoms with E-state index in [1.807, 2.05) is 0 Å². The lowest BCUT2D eigenvalue weighted by Crippen LogP contribution is -2.18. The maximum Gasteiger partial charge on any atom is 0.326 e. The van der Waals surface area contributed by atoms with Crippen LogP contribution in [0.1, 0.15) is 15.9 Å². The molecule has 3 N–H and O–H groups in total. The molecule has 0 atom stereocenters. The van der Waals surface area contributed by atoms with Crippen LogP contribution >= 0.6 is 23.2 Å². The van der Waals surface area contributed by atoms with Crippen molar-refractivity contribution in [2.24, 2.45) is 5.73 Å². The van der Waals surface area contributed by atoms with E-state index >= 15 is 0 Å². The molecule has 0 saturated heterocycles. The number of nitrogens with two attached hydrogens (primary N) is 1. The van der Waals surface area contributed by atoms with Crippen LogP contribution in [0.3, 0.4) is 0 Å². The van der Waals surface area contributed by atoms with Gasteiger partial charge in [-0.15, -0.1) is 0 Å². The monoisotopic (exact) mass is 349 g/mol. The maximum absolute atomic E-state index is 12.7. The van der Waals surface area contributed by atoms with Gasteiger partial charge in [-0.2, -0.15) is 0 Å². The highest BCUT2D eigenvalue weighted by atomic mass is 35.5. The number of hydrogen-bond acceptors (Lipinski definition) is 4.